The van der Waals surface area contributed by atoms with Crippen molar-refractivity contribution < 1.29 is 17.9 Å². The second-order valence-corrected chi connectivity index (χ2v) is 11.1. The summed E-state index contributed by atoms with van der Waals surface area (Å²) in [5.41, 5.74) is 3.78. The van der Waals surface area contributed by atoms with E-state index in [9.17, 15) is 13.2 Å². The highest BCUT2D eigenvalue weighted by molar-refractivity contribution is 7.92. The van der Waals surface area contributed by atoms with Crippen LogP contribution in [0.3, 0.4) is 0 Å². The molecule has 1 heterocycles. The van der Waals surface area contributed by atoms with Crippen molar-refractivity contribution in [1.29, 1.82) is 0 Å². The number of fused-ring (bicyclic) bond motifs is 1. The van der Waals surface area contributed by atoms with Gasteiger partial charge in [-0.1, -0.05) is 29.8 Å². The molecule has 1 amide bonds. The van der Waals surface area contributed by atoms with Gasteiger partial charge >= 0.3 is 0 Å². The molecule has 0 aromatic heterocycles. The van der Waals surface area contributed by atoms with Crippen LogP contribution in [-0.2, 0) is 14.8 Å². The van der Waals surface area contributed by atoms with E-state index in [0.717, 1.165) is 34.3 Å². The quantitative estimate of drug-likeness (QED) is 0.750. The summed E-state index contributed by atoms with van der Waals surface area (Å²) in [4.78, 5) is 13.3. The van der Waals surface area contributed by atoms with E-state index >= 15 is 0 Å². The summed E-state index contributed by atoms with van der Waals surface area (Å²) in [6.45, 7) is 11.3. The first-order chi connectivity index (χ1) is 14.3. The molecular formula is C24H32N2O4S. The van der Waals surface area contributed by atoms with Crippen LogP contribution < -0.4 is 14.4 Å². The Morgan fingerprint density at radius 3 is 2.39 bits per heavy atom. The van der Waals surface area contributed by atoms with Crippen LogP contribution in [0.4, 0.5) is 5.69 Å². The minimum Gasteiger partial charge on any atom is -0.487 e. The average Bonchev–Trinajstić information content (AvgIpc) is 2.63. The second-order valence-electron chi connectivity index (χ2n) is 9.19. The molecule has 31 heavy (non-hydrogen) atoms. The van der Waals surface area contributed by atoms with Crippen molar-refractivity contribution in [1.82, 2.24) is 5.32 Å². The summed E-state index contributed by atoms with van der Waals surface area (Å²) in [5.74, 6) is 0.399. The summed E-state index contributed by atoms with van der Waals surface area (Å²) >= 11 is 0. The van der Waals surface area contributed by atoms with Gasteiger partial charge in [-0.3, -0.25) is 9.10 Å². The first-order valence-electron chi connectivity index (χ1n) is 10.4. The number of nitrogens with zero attached hydrogens (tertiary/aromatic N) is 1. The molecule has 7 heteroatoms. The Morgan fingerprint density at radius 2 is 1.74 bits per heavy atom. The molecule has 0 spiro atoms. The third-order valence-electron chi connectivity index (χ3n) is 5.63. The molecule has 2 aromatic rings. The van der Waals surface area contributed by atoms with Gasteiger partial charge < -0.3 is 10.1 Å². The first-order valence-corrected chi connectivity index (χ1v) is 12.3. The Labute approximate surface area is 185 Å². The van der Waals surface area contributed by atoms with Crippen LogP contribution in [0.5, 0.6) is 5.75 Å². The van der Waals surface area contributed by atoms with Crippen LogP contribution in [0.15, 0.2) is 36.4 Å². The molecule has 2 unspecified atom stereocenters. The number of aryl methyl sites for hydroxylation is 3. The SMILES string of the molecule is Cc1ccc2c(c1)C(NC(=O)C(C)N(c1cc(C)ccc1C)S(C)(=O)=O)CC(C)(C)O2. The van der Waals surface area contributed by atoms with Gasteiger partial charge in [0.1, 0.15) is 17.4 Å². The van der Waals surface area contributed by atoms with Crippen molar-refractivity contribution in [2.45, 2.75) is 65.6 Å². The number of carbonyl (C=O) groups is 1. The van der Waals surface area contributed by atoms with E-state index in [4.69, 9.17) is 4.74 Å². The fraction of sp³-hybridized carbons (Fsp3) is 0.458. The van der Waals surface area contributed by atoms with Crippen molar-refractivity contribution >= 4 is 21.6 Å². The highest BCUT2D eigenvalue weighted by atomic mass is 32.2. The molecule has 1 aliphatic heterocycles. The standard InChI is InChI=1S/C24H32N2O4S/c1-15-9-11-22-19(12-15)20(14-24(5,6)30-22)25-23(27)18(4)26(31(7,28)29)21-13-16(2)8-10-17(21)3/h8-13,18,20H,14H2,1-7H3,(H,25,27). The van der Waals surface area contributed by atoms with Gasteiger partial charge in [-0.05, 0) is 64.8 Å². The van der Waals surface area contributed by atoms with Crippen LogP contribution in [-0.4, -0.2) is 32.2 Å². The zero-order valence-electron chi connectivity index (χ0n) is 19.3. The molecule has 2 aromatic carbocycles. The van der Waals surface area contributed by atoms with Crippen LogP contribution in [0.25, 0.3) is 0 Å². The maximum Gasteiger partial charge on any atom is 0.244 e. The van der Waals surface area contributed by atoms with Gasteiger partial charge in [0.05, 0.1) is 18.0 Å². The molecule has 0 bridgehead atoms. The predicted molar refractivity (Wildman–Crippen MR) is 124 cm³/mol. The molecular weight excluding hydrogens is 412 g/mol. The maximum absolute atomic E-state index is 13.3. The minimum atomic E-state index is -3.68. The Bertz CT molecular complexity index is 1110. The van der Waals surface area contributed by atoms with Crippen molar-refractivity contribution in [2.75, 3.05) is 10.6 Å². The average molecular weight is 445 g/mol. The minimum absolute atomic E-state index is 0.270. The Kier molecular flexibility index (Phi) is 6.11. The Hall–Kier alpha value is -2.54. The van der Waals surface area contributed by atoms with Gasteiger partial charge in [0.15, 0.2) is 0 Å². The lowest BCUT2D eigenvalue weighted by Gasteiger charge is -2.39. The number of hydrogen-bond acceptors (Lipinski definition) is 4. The first kappa shape index (κ1) is 23.1. The number of nitrogens with one attached hydrogen (secondary N) is 1. The molecule has 0 saturated heterocycles. The van der Waals surface area contributed by atoms with Crippen molar-refractivity contribution in [3.63, 3.8) is 0 Å². The number of amides is 1. The zero-order valence-corrected chi connectivity index (χ0v) is 20.1. The zero-order chi connectivity index (χ0) is 23.1. The fourth-order valence-corrected chi connectivity index (χ4v) is 5.36. The highest BCUT2D eigenvalue weighted by Gasteiger charge is 2.37. The van der Waals surface area contributed by atoms with Crippen molar-refractivity contribution in [3.05, 3.63) is 58.7 Å². The lowest BCUT2D eigenvalue weighted by molar-refractivity contribution is -0.123. The molecule has 1 N–H and O–H groups in total. The number of anilines is 1. The van der Waals surface area contributed by atoms with E-state index in [1.54, 1.807) is 13.0 Å². The number of hydrogen-bond donors (Lipinski definition) is 1. The fourth-order valence-electron chi connectivity index (χ4n) is 4.13. The topological polar surface area (TPSA) is 75.7 Å². The largest absolute Gasteiger partial charge is 0.487 e. The van der Waals surface area contributed by atoms with Gasteiger partial charge in [-0.2, -0.15) is 0 Å². The molecule has 6 nitrogen and oxygen atoms in total. The number of benzene rings is 2. The molecule has 1 aliphatic rings. The smallest absolute Gasteiger partial charge is 0.244 e. The number of ether oxygens (including phenoxy) is 1. The molecule has 0 fully saturated rings. The van der Waals surface area contributed by atoms with Crippen molar-refractivity contribution in [3.8, 4) is 5.75 Å². The Balaban J connectivity index is 1.95. The summed E-state index contributed by atoms with van der Waals surface area (Å²) in [7, 11) is -3.68. The predicted octanol–water partition coefficient (Wildman–Crippen LogP) is 4.18. The van der Waals surface area contributed by atoms with Gasteiger partial charge in [-0.25, -0.2) is 8.42 Å². The van der Waals surface area contributed by atoms with E-state index in [1.165, 1.54) is 4.31 Å². The van der Waals surface area contributed by atoms with Gasteiger partial charge in [-0.15, -0.1) is 0 Å². The lowest BCUT2D eigenvalue weighted by Crippen LogP contribution is -2.50. The Morgan fingerprint density at radius 1 is 1.13 bits per heavy atom. The molecule has 0 radical (unpaired) electrons. The second kappa shape index (κ2) is 8.19. The highest BCUT2D eigenvalue weighted by Crippen LogP contribution is 2.40. The molecule has 2 atom stereocenters. The summed E-state index contributed by atoms with van der Waals surface area (Å²) < 4.78 is 32.7. The van der Waals surface area contributed by atoms with Crippen LogP contribution in [0.2, 0.25) is 0 Å². The molecule has 168 valence electrons. The van der Waals surface area contributed by atoms with Gasteiger partial charge in [0.2, 0.25) is 15.9 Å². The normalized spacial score (nSPS) is 18.5. The monoisotopic (exact) mass is 444 g/mol. The van der Waals surface area contributed by atoms with E-state index < -0.39 is 21.7 Å². The molecule has 0 saturated carbocycles. The number of sulfonamides is 1. The van der Waals surface area contributed by atoms with Crippen LogP contribution in [0.1, 0.15) is 55.5 Å². The van der Waals surface area contributed by atoms with E-state index in [2.05, 4.69) is 5.32 Å². The molecule has 0 aliphatic carbocycles. The summed E-state index contributed by atoms with van der Waals surface area (Å²) in [6, 6.07) is 10.3. The molecule has 3 rings (SSSR count). The van der Waals surface area contributed by atoms with Crippen LogP contribution >= 0.6 is 0 Å². The van der Waals surface area contributed by atoms with E-state index in [0.29, 0.717) is 12.1 Å². The van der Waals surface area contributed by atoms with Crippen molar-refractivity contribution in [2.24, 2.45) is 0 Å². The number of rotatable bonds is 5. The van der Waals surface area contributed by atoms with E-state index in [1.807, 2.05) is 65.0 Å². The summed E-state index contributed by atoms with van der Waals surface area (Å²) in [6.07, 6.45) is 1.72. The lowest BCUT2D eigenvalue weighted by atomic mass is 9.88. The third kappa shape index (κ3) is 5.03. The van der Waals surface area contributed by atoms with Crippen LogP contribution in [0, 0.1) is 20.8 Å². The summed E-state index contributed by atoms with van der Waals surface area (Å²) in [5, 5.41) is 3.09. The van der Waals surface area contributed by atoms with E-state index in [-0.39, 0.29) is 11.9 Å². The third-order valence-corrected chi connectivity index (χ3v) is 6.86. The van der Waals surface area contributed by atoms with Gasteiger partial charge in [0.25, 0.3) is 0 Å². The van der Waals surface area contributed by atoms with Gasteiger partial charge in [0, 0.05) is 12.0 Å². The number of carbonyl (C=O) groups excluding carboxylic acids is 1. The maximum atomic E-state index is 13.3.